The topological polar surface area (TPSA) is 99.2 Å². The lowest BCUT2D eigenvalue weighted by atomic mass is 10.1. The standard InChI is InChI=1S/C19H20N4O4/c1-12-16(13(2)27-22-12)19(25)26-11-15(24)21-17(14-7-5-4-6-8-14)18-20-9-10-23(18)3/h4-10,17H,11H2,1-3H3,(H,21,24)/t17-/m1/s1. The van der Waals surface area contributed by atoms with Crippen molar-refractivity contribution in [1.82, 2.24) is 20.0 Å². The molecule has 2 aromatic heterocycles. The molecule has 2 heterocycles. The average molecular weight is 368 g/mol. The number of hydrogen-bond donors (Lipinski definition) is 1. The number of aryl methyl sites for hydroxylation is 3. The molecule has 140 valence electrons. The van der Waals surface area contributed by atoms with E-state index in [2.05, 4.69) is 15.5 Å². The molecule has 1 N–H and O–H groups in total. The van der Waals surface area contributed by atoms with Gasteiger partial charge in [0, 0.05) is 19.4 Å². The van der Waals surface area contributed by atoms with Gasteiger partial charge in [-0.3, -0.25) is 4.79 Å². The van der Waals surface area contributed by atoms with Crippen molar-refractivity contribution in [2.24, 2.45) is 7.05 Å². The maximum atomic E-state index is 12.4. The summed E-state index contributed by atoms with van der Waals surface area (Å²) < 4.78 is 11.9. The van der Waals surface area contributed by atoms with E-state index in [4.69, 9.17) is 9.26 Å². The molecule has 1 amide bonds. The predicted molar refractivity (Wildman–Crippen MR) is 95.9 cm³/mol. The van der Waals surface area contributed by atoms with E-state index in [0.29, 0.717) is 17.3 Å². The highest BCUT2D eigenvalue weighted by molar-refractivity contribution is 5.93. The monoisotopic (exact) mass is 368 g/mol. The minimum absolute atomic E-state index is 0.242. The first kappa shape index (κ1) is 18.4. The number of esters is 1. The molecule has 27 heavy (non-hydrogen) atoms. The molecule has 0 unspecified atom stereocenters. The second kappa shape index (κ2) is 7.86. The summed E-state index contributed by atoms with van der Waals surface area (Å²) in [5, 5.41) is 6.58. The molecule has 0 saturated carbocycles. The first-order valence-corrected chi connectivity index (χ1v) is 8.39. The molecule has 3 aromatic rings. The van der Waals surface area contributed by atoms with Gasteiger partial charge in [0.05, 0.1) is 5.69 Å². The lowest BCUT2D eigenvalue weighted by molar-refractivity contribution is -0.124. The fourth-order valence-electron chi connectivity index (χ4n) is 2.78. The Morgan fingerprint density at radius 1 is 1.26 bits per heavy atom. The Kier molecular flexibility index (Phi) is 5.35. The third-order valence-electron chi connectivity index (χ3n) is 4.13. The van der Waals surface area contributed by atoms with Crippen LogP contribution in [0.15, 0.2) is 47.2 Å². The van der Waals surface area contributed by atoms with Crippen LogP contribution in [0.25, 0.3) is 0 Å². The van der Waals surface area contributed by atoms with Crippen molar-refractivity contribution in [3.8, 4) is 0 Å². The van der Waals surface area contributed by atoms with Crippen LogP contribution in [-0.4, -0.2) is 33.2 Å². The van der Waals surface area contributed by atoms with Crippen LogP contribution >= 0.6 is 0 Å². The summed E-state index contributed by atoms with van der Waals surface area (Å²) in [5.41, 5.74) is 1.54. The van der Waals surface area contributed by atoms with Gasteiger partial charge in [0.1, 0.15) is 23.2 Å². The Labute approximate surface area is 156 Å². The smallest absolute Gasteiger partial charge is 0.344 e. The molecule has 0 aliphatic rings. The van der Waals surface area contributed by atoms with Gasteiger partial charge in [0.2, 0.25) is 0 Å². The molecule has 0 saturated heterocycles. The summed E-state index contributed by atoms with van der Waals surface area (Å²) in [6, 6.07) is 9.00. The number of nitrogens with one attached hydrogen (secondary N) is 1. The van der Waals surface area contributed by atoms with Crippen LogP contribution in [0.2, 0.25) is 0 Å². The number of hydrogen-bond acceptors (Lipinski definition) is 6. The molecule has 8 nitrogen and oxygen atoms in total. The Morgan fingerprint density at radius 3 is 2.59 bits per heavy atom. The lowest BCUT2D eigenvalue weighted by Crippen LogP contribution is -2.34. The van der Waals surface area contributed by atoms with Crippen molar-refractivity contribution < 1.29 is 18.8 Å². The summed E-state index contributed by atoms with van der Waals surface area (Å²) in [5.74, 6) is -0.0544. The minimum atomic E-state index is -0.644. The van der Waals surface area contributed by atoms with Gasteiger partial charge in [-0.2, -0.15) is 0 Å². The van der Waals surface area contributed by atoms with Gasteiger partial charge >= 0.3 is 5.97 Å². The van der Waals surface area contributed by atoms with E-state index < -0.39 is 24.5 Å². The normalized spacial score (nSPS) is 11.8. The number of carbonyl (C=O) groups is 2. The number of aromatic nitrogens is 3. The van der Waals surface area contributed by atoms with Crippen LogP contribution in [0.4, 0.5) is 0 Å². The van der Waals surface area contributed by atoms with Gasteiger partial charge in [-0.15, -0.1) is 0 Å². The maximum Gasteiger partial charge on any atom is 0.344 e. The van der Waals surface area contributed by atoms with Crippen molar-refractivity contribution in [2.45, 2.75) is 19.9 Å². The van der Waals surface area contributed by atoms with E-state index in [0.717, 1.165) is 5.56 Å². The summed E-state index contributed by atoms with van der Waals surface area (Å²) in [6.07, 6.45) is 3.46. The van der Waals surface area contributed by atoms with E-state index in [1.807, 2.05) is 41.9 Å². The zero-order chi connectivity index (χ0) is 19.4. The molecule has 3 rings (SSSR count). The number of rotatable bonds is 6. The first-order chi connectivity index (χ1) is 13.0. The number of carbonyl (C=O) groups excluding carboxylic acids is 2. The third-order valence-corrected chi connectivity index (χ3v) is 4.13. The predicted octanol–water partition coefficient (Wildman–Crippen LogP) is 2.09. The molecule has 0 radical (unpaired) electrons. The first-order valence-electron chi connectivity index (χ1n) is 8.39. The molecule has 1 aromatic carbocycles. The lowest BCUT2D eigenvalue weighted by Gasteiger charge is -2.19. The zero-order valence-electron chi connectivity index (χ0n) is 15.3. The summed E-state index contributed by atoms with van der Waals surface area (Å²) in [6.45, 7) is 2.83. The molecule has 0 spiro atoms. The molecular formula is C19H20N4O4. The highest BCUT2D eigenvalue weighted by atomic mass is 16.5. The number of nitrogens with zero attached hydrogens (tertiary/aromatic N) is 3. The van der Waals surface area contributed by atoms with E-state index in [1.165, 1.54) is 0 Å². The molecule has 0 bridgehead atoms. The molecular weight excluding hydrogens is 348 g/mol. The van der Waals surface area contributed by atoms with Crippen molar-refractivity contribution >= 4 is 11.9 Å². The second-order valence-corrected chi connectivity index (χ2v) is 6.08. The minimum Gasteiger partial charge on any atom is -0.452 e. The van der Waals surface area contributed by atoms with Crippen LogP contribution in [-0.2, 0) is 16.6 Å². The van der Waals surface area contributed by atoms with Gasteiger partial charge in [-0.05, 0) is 19.4 Å². The van der Waals surface area contributed by atoms with E-state index in [1.54, 1.807) is 26.2 Å². The quantitative estimate of drug-likeness (QED) is 0.669. The average Bonchev–Trinajstić information content (AvgIpc) is 3.23. The summed E-state index contributed by atoms with van der Waals surface area (Å²) >= 11 is 0. The SMILES string of the molecule is Cc1noc(C)c1C(=O)OCC(=O)N[C@H](c1ccccc1)c1nccn1C. The fraction of sp³-hybridized carbons (Fsp3) is 0.263. The van der Waals surface area contributed by atoms with Gasteiger partial charge in [0.25, 0.3) is 5.91 Å². The number of benzene rings is 1. The van der Waals surface area contributed by atoms with Crippen molar-refractivity contribution in [1.29, 1.82) is 0 Å². The number of ether oxygens (including phenoxy) is 1. The van der Waals surface area contributed by atoms with Crippen LogP contribution in [0, 0.1) is 13.8 Å². The molecule has 0 aliphatic carbocycles. The Hall–Kier alpha value is -3.42. The molecule has 8 heteroatoms. The van der Waals surface area contributed by atoms with Crippen LogP contribution in [0.5, 0.6) is 0 Å². The Morgan fingerprint density at radius 2 is 2.00 bits per heavy atom. The van der Waals surface area contributed by atoms with Crippen molar-refractivity contribution in [2.75, 3.05) is 6.61 Å². The highest BCUT2D eigenvalue weighted by Crippen LogP contribution is 2.20. The van der Waals surface area contributed by atoms with Gasteiger partial charge in [0.15, 0.2) is 6.61 Å². The summed E-state index contributed by atoms with van der Waals surface area (Å²) in [7, 11) is 1.85. The van der Waals surface area contributed by atoms with E-state index >= 15 is 0 Å². The second-order valence-electron chi connectivity index (χ2n) is 6.08. The Balaban J connectivity index is 1.70. The number of amides is 1. The largest absolute Gasteiger partial charge is 0.452 e. The maximum absolute atomic E-state index is 12.4. The molecule has 0 aliphatic heterocycles. The van der Waals surface area contributed by atoms with E-state index in [-0.39, 0.29) is 5.56 Å². The zero-order valence-corrected chi connectivity index (χ0v) is 15.3. The third kappa shape index (κ3) is 4.05. The fourth-order valence-corrected chi connectivity index (χ4v) is 2.78. The molecule has 1 atom stereocenters. The number of imidazole rings is 1. The van der Waals surface area contributed by atoms with E-state index in [9.17, 15) is 9.59 Å². The van der Waals surface area contributed by atoms with Crippen molar-refractivity contribution in [3.63, 3.8) is 0 Å². The van der Waals surface area contributed by atoms with Crippen molar-refractivity contribution in [3.05, 3.63) is 71.1 Å². The Bertz CT molecular complexity index is 926. The summed E-state index contributed by atoms with van der Waals surface area (Å²) in [4.78, 5) is 28.9. The molecule has 0 fully saturated rings. The van der Waals surface area contributed by atoms with Gasteiger partial charge < -0.3 is 19.1 Å². The van der Waals surface area contributed by atoms with Crippen LogP contribution < -0.4 is 5.32 Å². The van der Waals surface area contributed by atoms with Crippen LogP contribution in [0.3, 0.4) is 0 Å². The van der Waals surface area contributed by atoms with Crippen LogP contribution in [0.1, 0.15) is 39.2 Å². The highest BCUT2D eigenvalue weighted by Gasteiger charge is 2.23. The van der Waals surface area contributed by atoms with Gasteiger partial charge in [-0.1, -0.05) is 35.5 Å². The van der Waals surface area contributed by atoms with Gasteiger partial charge in [-0.25, -0.2) is 9.78 Å².